The standard InChI is InChI=1S/C18H16FN3O2S/c1-24-15-5-3-2-4-13(15)11-20-22-18-21-17(23)16(25-18)10-12-6-8-14(19)9-7-12/h2-9,11,16H,10H2,1H3,(H,21,22,23)/b20-11+/t16-/m1/s1. The number of hydrogen-bond acceptors (Lipinski definition) is 5. The quantitative estimate of drug-likeness (QED) is 0.661. The monoisotopic (exact) mass is 357 g/mol. The van der Waals surface area contributed by atoms with Crippen LogP contribution in [0.2, 0.25) is 0 Å². The number of rotatable bonds is 5. The highest BCUT2D eigenvalue weighted by Crippen LogP contribution is 2.23. The summed E-state index contributed by atoms with van der Waals surface area (Å²) in [5, 5.41) is 10.9. The maximum absolute atomic E-state index is 12.9. The zero-order valence-corrected chi connectivity index (χ0v) is 14.3. The van der Waals surface area contributed by atoms with Crippen LogP contribution in [-0.2, 0) is 11.2 Å². The highest BCUT2D eigenvalue weighted by molar-refractivity contribution is 8.15. The second kappa shape index (κ2) is 7.94. The van der Waals surface area contributed by atoms with Crippen LogP contribution in [0.15, 0.2) is 58.7 Å². The number of hydrogen-bond donors (Lipinski definition) is 1. The number of nitrogens with zero attached hydrogens (tertiary/aromatic N) is 2. The Labute approximate surface area is 149 Å². The van der Waals surface area contributed by atoms with Gasteiger partial charge in [0, 0.05) is 5.56 Å². The number of para-hydroxylation sites is 1. The topological polar surface area (TPSA) is 63.1 Å². The van der Waals surface area contributed by atoms with Gasteiger partial charge in [-0.2, -0.15) is 5.10 Å². The van der Waals surface area contributed by atoms with E-state index in [0.29, 0.717) is 17.3 Å². The minimum atomic E-state index is -0.300. The number of carbonyl (C=O) groups is 1. The molecule has 5 nitrogen and oxygen atoms in total. The Hall–Kier alpha value is -2.67. The van der Waals surface area contributed by atoms with E-state index in [1.165, 1.54) is 23.9 Å². The SMILES string of the molecule is COc1ccccc1/C=N/N=C1/NC(=O)[C@@H](Cc2ccc(F)cc2)S1. The van der Waals surface area contributed by atoms with E-state index in [1.54, 1.807) is 25.5 Å². The first-order chi connectivity index (χ1) is 12.2. The predicted molar refractivity (Wildman–Crippen MR) is 97.6 cm³/mol. The largest absolute Gasteiger partial charge is 0.496 e. The minimum Gasteiger partial charge on any atom is -0.496 e. The average Bonchev–Trinajstić information content (AvgIpc) is 2.97. The molecule has 0 spiro atoms. The van der Waals surface area contributed by atoms with Crippen LogP contribution in [0.1, 0.15) is 11.1 Å². The van der Waals surface area contributed by atoms with Gasteiger partial charge in [0.1, 0.15) is 11.6 Å². The Morgan fingerprint density at radius 3 is 2.76 bits per heavy atom. The maximum Gasteiger partial charge on any atom is 0.239 e. The van der Waals surface area contributed by atoms with Gasteiger partial charge in [-0.3, -0.25) is 4.79 Å². The van der Waals surface area contributed by atoms with E-state index in [2.05, 4.69) is 15.5 Å². The van der Waals surface area contributed by atoms with Gasteiger partial charge in [0.15, 0.2) is 5.17 Å². The van der Waals surface area contributed by atoms with Crippen molar-refractivity contribution < 1.29 is 13.9 Å². The molecule has 3 rings (SSSR count). The lowest BCUT2D eigenvalue weighted by Gasteiger charge is -2.04. The van der Waals surface area contributed by atoms with Crippen LogP contribution in [0.25, 0.3) is 0 Å². The molecule has 0 bridgehead atoms. The molecule has 0 saturated carbocycles. The van der Waals surface area contributed by atoms with Crippen LogP contribution >= 0.6 is 11.8 Å². The Balaban J connectivity index is 1.64. The summed E-state index contributed by atoms with van der Waals surface area (Å²) >= 11 is 1.31. The Bertz CT molecular complexity index is 821. The molecule has 1 fully saturated rings. The normalized spacial score (nSPS) is 18.7. The number of amides is 1. The molecule has 0 aromatic heterocycles. The van der Waals surface area contributed by atoms with Crippen LogP contribution in [0.4, 0.5) is 4.39 Å². The van der Waals surface area contributed by atoms with Crippen molar-refractivity contribution >= 4 is 29.1 Å². The molecule has 1 aliphatic heterocycles. The molecule has 2 aromatic rings. The Morgan fingerprint density at radius 2 is 2.00 bits per heavy atom. The van der Waals surface area contributed by atoms with Crippen molar-refractivity contribution in [2.75, 3.05) is 7.11 Å². The van der Waals surface area contributed by atoms with Gasteiger partial charge in [0.2, 0.25) is 5.91 Å². The lowest BCUT2D eigenvalue weighted by atomic mass is 10.1. The van der Waals surface area contributed by atoms with Gasteiger partial charge in [-0.25, -0.2) is 4.39 Å². The van der Waals surface area contributed by atoms with E-state index in [4.69, 9.17) is 4.74 Å². The first-order valence-corrected chi connectivity index (χ1v) is 8.49. The number of nitrogens with one attached hydrogen (secondary N) is 1. The van der Waals surface area contributed by atoms with Crippen molar-refractivity contribution in [2.45, 2.75) is 11.7 Å². The van der Waals surface area contributed by atoms with E-state index in [1.807, 2.05) is 24.3 Å². The summed E-state index contributed by atoms with van der Waals surface area (Å²) in [6, 6.07) is 13.6. The van der Waals surface area contributed by atoms with Crippen LogP contribution < -0.4 is 10.1 Å². The van der Waals surface area contributed by atoms with Crippen LogP contribution in [0.5, 0.6) is 5.75 Å². The molecular weight excluding hydrogens is 341 g/mol. The second-order valence-corrected chi connectivity index (χ2v) is 6.51. The van der Waals surface area contributed by atoms with Gasteiger partial charge in [0.25, 0.3) is 0 Å². The van der Waals surface area contributed by atoms with Crippen LogP contribution in [0, 0.1) is 5.82 Å². The van der Waals surface area contributed by atoms with E-state index in [0.717, 1.165) is 11.1 Å². The van der Waals surface area contributed by atoms with E-state index >= 15 is 0 Å². The van der Waals surface area contributed by atoms with Crippen LogP contribution in [-0.4, -0.2) is 29.6 Å². The lowest BCUT2D eigenvalue weighted by Crippen LogP contribution is -2.25. The van der Waals surface area contributed by atoms with Gasteiger partial charge >= 0.3 is 0 Å². The summed E-state index contributed by atoms with van der Waals surface area (Å²) in [4.78, 5) is 12.0. The first-order valence-electron chi connectivity index (χ1n) is 7.61. The zero-order chi connectivity index (χ0) is 17.6. The number of carbonyl (C=O) groups excluding carboxylic acids is 1. The summed E-state index contributed by atoms with van der Waals surface area (Å²) in [5.74, 6) is 0.282. The van der Waals surface area contributed by atoms with E-state index < -0.39 is 0 Å². The summed E-state index contributed by atoms with van der Waals surface area (Å²) < 4.78 is 18.2. The smallest absolute Gasteiger partial charge is 0.239 e. The van der Waals surface area contributed by atoms with Crippen molar-refractivity contribution in [1.29, 1.82) is 0 Å². The Morgan fingerprint density at radius 1 is 1.24 bits per heavy atom. The molecule has 1 atom stereocenters. The molecule has 1 heterocycles. The molecule has 7 heteroatoms. The third kappa shape index (κ3) is 4.45. The molecule has 0 aliphatic carbocycles. The maximum atomic E-state index is 12.9. The molecule has 0 unspecified atom stereocenters. The molecule has 2 aromatic carbocycles. The van der Waals surface area contributed by atoms with Crippen LogP contribution in [0.3, 0.4) is 0 Å². The number of methoxy groups -OCH3 is 1. The highest BCUT2D eigenvalue weighted by atomic mass is 32.2. The molecule has 1 amide bonds. The number of benzene rings is 2. The first kappa shape index (κ1) is 17.2. The van der Waals surface area contributed by atoms with Crippen molar-refractivity contribution in [3.63, 3.8) is 0 Å². The van der Waals surface area contributed by atoms with Gasteiger partial charge in [-0.1, -0.05) is 36.0 Å². The number of ether oxygens (including phenoxy) is 1. The fraction of sp³-hybridized carbons (Fsp3) is 0.167. The highest BCUT2D eigenvalue weighted by Gasteiger charge is 2.30. The number of thioether (sulfide) groups is 1. The summed E-state index contributed by atoms with van der Waals surface area (Å²) in [6.45, 7) is 0. The van der Waals surface area contributed by atoms with Crippen molar-refractivity contribution in [3.05, 3.63) is 65.5 Å². The number of halogens is 1. The Kier molecular flexibility index (Phi) is 5.45. The fourth-order valence-corrected chi connectivity index (χ4v) is 3.30. The van der Waals surface area contributed by atoms with Crippen molar-refractivity contribution in [2.24, 2.45) is 10.2 Å². The average molecular weight is 357 g/mol. The molecular formula is C18H16FN3O2S. The lowest BCUT2D eigenvalue weighted by molar-refractivity contribution is -0.118. The second-order valence-electron chi connectivity index (χ2n) is 5.32. The van der Waals surface area contributed by atoms with Gasteiger partial charge in [0.05, 0.1) is 18.6 Å². The molecule has 1 saturated heterocycles. The third-order valence-corrected chi connectivity index (χ3v) is 4.67. The molecule has 25 heavy (non-hydrogen) atoms. The van der Waals surface area contributed by atoms with Crippen molar-refractivity contribution in [3.8, 4) is 5.75 Å². The molecule has 1 aliphatic rings. The minimum absolute atomic E-state index is 0.124. The number of amidine groups is 1. The van der Waals surface area contributed by atoms with Gasteiger partial charge < -0.3 is 10.1 Å². The zero-order valence-electron chi connectivity index (χ0n) is 13.5. The van der Waals surface area contributed by atoms with Gasteiger partial charge in [-0.15, -0.1) is 5.10 Å². The summed E-state index contributed by atoms with van der Waals surface area (Å²) in [6.07, 6.45) is 2.08. The van der Waals surface area contributed by atoms with Gasteiger partial charge in [-0.05, 0) is 36.2 Å². The summed E-state index contributed by atoms with van der Waals surface area (Å²) in [7, 11) is 1.59. The van der Waals surface area contributed by atoms with E-state index in [-0.39, 0.29) is 17.0 Å². The summed E-state index contributed by atoms with van der Waals surface area (Å²) in [5.41, 5.74) is 1.69. The predicted octanol–water partition coefficient (Wildman–Crippen LogP) is 3.00. The fourth-order valence-electron chi connectivity index (χ4n) is 2.34. The molecule has 1 N–H and O–H groups in total. The third-order valence-electron chi connectivity index (χ3n) is 3.60. The van der Waals surface area contributed by atoms with E-state index in [9.17, 15) is 9.18 Å². The molecule has 128 valence electrons. The molecule has 0 radical (unpaired) electrons. The van der Waals surface area contributed by atoms with Crippen molar-refractivity contribution in [1.82, 2.24) is 5.32 Å².